The zero-order chi connectivity index (χ0) is 19.4. The van der Waals surface area contributed by atoms with Crippen molar-refractivity contribution in [2.75, 3.05) is 14.2 Å². The molecule has 1 amide bonds. The Hall–Kier alpha value is -3.28. The standard InChI is InChI=1S/C21H23N3O3/c1-14-20(23-15(2)24(14)17-8-6-5-7-9-17)21(25)22-13-16-10-11-18(26-3)19(12-16)27-4/h5-12H,13H2,1-4H3,(H,22,25). The number of nitrogens with one attached hydrogen (secondary N) is 1. The fourth-order valence-corrected chi connectivity index (χ4v) is 3.07. The predicted molar refractivity (Wildman–Crippen MR) is 104 cm³/mol. The van der Waals surface area contributed by atoms with Crippen LogP contribution in [0, 0.1) is 13.8 Å². The van der Waals surface area contributed by atoms with Crippen LogP contribution < -0.4 is 14.8 Å². The summed E-state index contributed by atoms with van der Waals surface area (Å²) in [5.74, 6) is 1.85. The van der Waals surface area contributed by atoms with E-state index in [1.54, 1.807) is 14.2 Å². The molecular formula is C21H23N3O3. The number of benzene rings is 2. The lowest BCUT2D eigenvalue weighted by Gasteiger charge is -2.10. The van der Waals surface area contributed by atoms with Gasteiger partial charge < -0.3 is 19.4 Å². The minimum absolute atomic E-state index is 0.208. The summed E-state index contributed by atoms with van der Waals surface area (Å²) in [5, 5.41) is 2.93. The van der Waals surface area contributed by atoms with Crippen LogP contribution in [0.5, 0.6) is 11.5 Å². The first-order chi connectivity index (χ1) is 13.0. The molecule has 1 aromatic heterocycles. The average molecular weight is 365 g/mol. The molecule has 0 spiro atoms. The van der Waals surface area contributed by atoms with Crippen molar-refractivity contribution < 1.29 is 14.3 Å². The van der Waals surface area contributed by atoms with Crippen molar-refractivity contribution in [3.05, 3.63) is 71.3 Å². The molecular weight excluding hydrogens is 342 g/mol. The molecule has 0 aliphatic heterocycles. The summed E-state index contributed by atoms with van der Waals surface area (Å²) < 4.78 is 12.5. The quantitative estimate of drug-likeness (QED) is 0.727. The van der Waals surface area contributed by atoms with E-state index >= 15 is 0 Å². The maximum atomic E-state index is 12.7. The molecule has 0 atom stereocenters. The van der Waals surface area contributed by atoms with Gasteiger partial charge in [-0.2, -0.15) is 0 Å². The van der Waals surface area contributed by atoms with E-state index in [9.17, 15) is 4.79 Å². The fourth-order valence-electron chi connectivity index (χ4n) is 3.07. The Balaban J connectivity index is 1.78. The number of methoxy groups -OCH3 is 2. The molecule has 3 aromatic rings. The van der Waals surface area contributed by atoms with Gasteiger partial charge in [0.2, 0.25) is 0 Å². The number of rotatable bonds is 6. The smallest absolute Gasteiger partial charge is 0.272 e. The highest BCUT2D eigenvalue weighted by Gasteiger charge is 2.18. The maximum Gasteiger partial charge on any atom is 0.272 e. The van der Waals surface area contributed by atoms with Gasteiger partial charge in [0.05, 0.1) is 19.9 Å². The third-order valence-corrected chi connectivity index (χ3v) is 4.41. The number of carbonyl (C=O) groups is 1. The van der Waals surface area contributed by atoms with E-state index in [1.165, 1.54) is 0 Å². The van der Waals surface area contributed by atoms with E-state index in [2.05, 4.69) is 10.3 Å². The molecule has 27 heavy (non-hydrogen) atoms. The molecule has 2 aromatic carbocycles. The molecule has 0 aliphatic rings. The molecule has 0 bridgehead atoms. The third kappa shape index (κ3) is 3.79. The van der Waals surface area contributed by atoms with Gasteiger partial charge in [-0.1, -0.05) is 24.3 Å². The Morgan fingerprint density at radius 1 is 1.04 bits per heavy atom. The zero-order valence-corrected chi connectivity index (χ0v) is 15.9. The van der Waals surface area contributed by atoms with Crippen molar-refractivity contribution in [2.45, 2.75) is 20.4 Å². The van der Waals surface area contributed by atoms with E-state index in [0.717, 1.165) is 22.8 Å². The van der Waals surface area contributed by atoms with Gasteiger partial charge in [0, 0.05) is 12.2 Å². The first-order valence-corrected chi connectivity index (χ1v) is 8.65. The second-order valence-electron chi connectivity index (χ2n) is 6.14. The summed E-state index contributed by atoms with van der Waals surface area (Å²) >= 11 is 0. The molecule has 0 saturated carbocycles. The summed E-state index contributed by atoms with van der Waals surface area (Å²) in [6.45, 7) is 4.17. The Morgan fingerprint density at radius 3 is 2.41 bits per heavy atom. The average Bonchev–Trinajstić information content (AvgIpc) is 3.00. The third-order valence-electron chi connectivity index (χ3n) is 4.41. The van der Waals surface area contributed by atoms with Gasteiger partial charge in [-0.25, -0.2) is 4.98 Å². The SMILES string of the molecule is COc1ccc(CNC(=O)c2nc(C)n(-c3ccccc3)c2C)cc1OC. The summed E-state index contributed by atoms with van der Waals surface area (Å²) in [4.78, 5) is 17.1. The molecule has 0 fully saturated rings. The highest BCUT2D eigenvalue weighted by Crippen LogP contribution is 2.27. The normalized spacial score (nSPS) is 10.5. The highest BCUT2D eigenvalue weighted by molar-refractivity contribution is 5.93. The number of amides is 1. The Morgan fingerprint density at radius 2 is 1.74 bits per heavy atom. The van der Waals surface area contributed by atoms with E-state index in [1.807, 2.05) is 66.9 Å². The van der Waals surface area contributed by atoms with Crippen molar-refractivity contribution >= 4 is 5.91 Å². The summed E-state index contributed by atoms with van der Waals surface area (Å²) in [6, 6.07) is 15.4. The maximum absolute atomic E-state index is 12.7. The van der Waals surface area contributed by atoms with Crippen molar-refractivity contribution in [1.82, 2.24) is 14.9 Å². The molecule has 0 radical (unpaired) electrons. The summed E-state index contributed by atoms with van der Waals surface area (Å²) in [5.41, 5.74) is 3.14. The summed E-state index contributed by atoms with van der Waals surface area (Å²) in [6.07, 6.45) is 0. The molecule has 0 unspecified atom stereocenters. The number of hydrogen-bond acceptors (Lipinski definition) is 4. The van der Waals surface area contributed by atoms with Crippen LogP contribution in [0.25, 0.3) is 5.69 Å². The van der Waals surface area contributed by atoms with Gasteiger partial charge in [0.25, 0.3) is 5.91 Å². The van der Waals surface area contributed by atoms with Crippen LogP contribution >= 0.6 is 0 Å². The van der Waals surface area contributed by atoms with Crippen LogP contribution in [-0.4, -0.2) is 29.7 Å². The number of imidazole rings is 1. The van der Waals surface area contributed by atoms with E-state index in [4.69, 9.17) is 9.47 Å². The predicted octanol–water partition coefficient (Wildman–Crippen LogP) is 3.44. The monoisotopic (exact) mass is 365 g/mol. The fraction of sp³-hybridized carbons (Fsp3) is 0.238. The van der Waals surface area contributed by atoms with Gasteiger partial charge in [-0.15, -0.1) is 0 Å². The molecule has 1 N–H and O–H groups in total. The van der Waals surface area contributed by atoms with Crippen molar-refractivity contribution in [2.24, 2.45) is 0 Å². The molecule has 1 heterocycles. The Kier molecular flexibility index (Phi) is 5.45. The van der Waals surface area contributed by atoms with Crippen LogP contribution in [0.4, 0.5) is 0 Å². The van der Waals surface area contributed by atoms with Gasteiger partial charge in [0.1, 0.15) is 11.5 Å². The van der Waals surface area contributed by atoms with Crippen LogP contribution in [0.15, 0.2) is 48.5 Å². The van der Waals surface area contributed by atoms with Crippen LogP contribution in [0.1, 0.15) is 27.6 Å². The minimum atomic E-state index is -0.208. The van der Waals surface area contributed by atoms with Gasteiger partial charge in [-0.3, -0.25) is 4.79 Å². The molecule has 6 heteroatoms. The van der Waals surface area contributed by atoms with E-state index < -0.39 is 0 Å². The molecule has 6 nitrogen and oxygen atoms in total. The number of aryl methyl sites for hydroxylation is 1. The van der Waals surface area contributed by atoms with Gasteiger partial charge >= 0.3 is 0 Å². The van der Waals surface area contributed by atoms with Crippen molar-refractivity contribution in [1.29, 1.82) is 0 Å². The van der Waals surface area contributed by atoms with Crippen LogP contribution in [0.2, 0.25) is 0 Å². The number of aromatic nitrogens is 2. The summed E-state index contributed by atoms with van der Waals surface area (Å²) in [7, 11) is 3.18. The van der Waals surface area contributed by atoms with Crippen molar-refractivity contribution in [3.63, 3.8) is 0 Å². The lowest BCUT2D eigenvalue weighted by atomic mass is 10.2. The van der Waals surface area contributed by atoms with Crippen LogP contribution in [-0.2, 0) is 6.54 Å². The number of para-hydroxylation sites is 1. The second kappa shape index (κ2) is 7.95. The Bertz CT molecular complexity index is 949. The van der Waals surface area contributed by atoms with Gasteiger partial charge in [0.15, 0.2) is 11.5 Å². The first kappa shape index (κ1) is 18.5. The number of hydrogen-bond donors (Lipinski definition) is 1. The van der Waals surface area contributed by atoms with Crippen LogP contribution in [0.3, 0.4) is 0 Å². The number of nitrogens with zero attached hydrogens (tertiary/aromatic N) is 2. The van der Waals surface area contributed by atoms with E-state index in [0.29, 0.717) is 23.7 Å². The minimum Gasteiger partial charge on any atom is -0.493 e. The molecule has 140 valence electrons. The number of ether oxygens (including phenoxy) is 2. The van der Waals surface area contributed by atoms with Crippen molar-refractivity contribution in [3.8, 4) is 17.2 Å². The highest BCUT2D eigenvalue weighted by atomic mass is 16.5. The number of carbonyl (C=O) groups excluding carboxylic acids is 1. The zero-order valence-electron chi connectivity index (χ0n) is 15.9. The van der Waals surface area contributed by atoms with E-state index in [-0.39, 0.29) is 5.91 Å². The largest absolute Gasteiger partial charge is 0.493 e. The molecule has 3 rings (SSSR count). The first-order valence-electron chi connectivity index (χ1n) is 8.65. The second-order valence-corrected chi connectivity index (χ2v) is 6.14. The lowest BCUT2D eigenvalue weighted by molar-refractivity contribution is 0.0945. The lowest BCUT2D eigenvalue weighted by Crippen LogP contribution is -2.24. The molecule has 0 aliphatic carbocycles. The Labute approximate surface area is 158 Å². The topological polar surface area (TPSA) is 65.4 Å². The molecule has 0 saturated heterocycles. The van der Waals surface area contributed by atoms with Gasteiger partial charge in [-0.05, 0) is 43.7 Å².